The number of rotatable bonds is 4. The van der Waals surface area contributed by atoms with Gasteiger partial charge >= 0.3 is 0 Å². The Kier molecular flexibility index (Phi) is 5.68. The van der Waals surface area contributed by atoms with Gasteiger partial charge in [-0.1, -0.05) is 29.3 Å². The molecule has 116 valence electrons. The molecule has 21 heavy (non-hydrogen) atoms. The highest BCUT2D eigenvalue weighted by Gasteiger charge is 2.32. The highest BCUT2D eigenvalue weighted by molar-refractivity contribution is 7.80. The molecule has 1 aromatic rings. The van der Waals surface area contributed by atoms with E-state index in [0.29, 0.717) is 34.9 Å². The van der Waals surface area contributed by atoms with Crippen LogP contribution in [0, 0.1) is 0 Å². The standard InChI is InChI=1S/C14H18Cl2N2O2S/c1-14(2)19-8-10(20-14)7-18-13(21)17-6-9-3-4-11(15)12(16)5-9/h3-5,10H,6-8H2,1-2H3,(H2,17,18,21). The van der Waals surface area contributed by atoms with Crippen molar-refractivity contribution in [1.82, 2.24) is 10.6 Å². The molecule has 1 saturated heterocycles. The van der Waals surface area contributed by atoms with E-state index in [1.165, 1.54) is 0 Å². The third kappa shape index (κ3) is 5.27. The van der Waals surface area contributed by atoms with Gasteiger partial charge in [0.2, 0.25) is 0 Å². The smallest absolute Gasteiger partial charge is 0.166 e. The summed E-state index contributed by atoms with van der Waals surface area (Å²) < 4.78 is 11.2. The lowest BCUT2D eigenvalue weighted by molar-refractivity contribution is -0.137. The van der Waals surface area contributed by atoms with E-state index >= 15 is 0 Å². The fraction of sp³-hybridized carbons (Fsp3) is 0.500. The minimum absolute atomic E-state index is 0.00438. The number of ether oxygens (including phenoxy) is 2. The first kappa shape index (κ1) is 16.8. The van der Waals surface area contributed by atoms with Gasteiger partial charge in [-0.3, -0.25) is 0 Å². The van der Waals surface area contributed by atoms with Crippen molar-refractivity contribution in [2.45, 2.75) is 32.3 Å². The van der Waals surface area contributed by atoms with Crippen LogP contribution in [0.4, 0.5) is 0 Å². The van der Waals surface area contributed by atoms with Gasteiger partial charge in [0.1, 0.15) is 6.10 Å². The Morgan fingerprint density at radius 2 is 2.10 bits per heavy atom. The van der Waals surface area contributed by atoms with Crippen LogP contribution in [0.5, 0.6) is 0 Å². The fourth-order valence-electron chi connectivity index (χ4n) is 1.96. The SMILES string of the molecule is CC1(C)OCC(CNC(=S)NCc2ccc(Cl)c(Cl)c2)O1. The summed E-state index contributed by atoms with van der Waals surface area (Å²) in [4.78, 5) is 0. The molecule has 1 fully saturated rings. The van der Waals surface area contributed by atoms with Crippen molar-refractivity contribution in [3.8, 4) is 0 Å². The summed E-state index contributed by atoms with van der Waals surface area (Å²) >= 11 is 17.1. The second-order valence-electron chi connectivity index (χ2n) is 5.26. The van der Waals surface area contributed by atoms with Gasteiger partial charge in [0.05, 0.1) is 16.7 Å². The molecule has 0 aliphatic carbocycles. The van der Waals surface area contributed by atoms with Gasteiger partial charge in [-0.05, 0) is 43.8 Å². The van der Waals surface area contributed by atoms with E-state index < -0.39 is 5.79 Å². The van der Waals surface area contributed by atoms with Crippen LogP contribution in [0.25, 0.3) is 0 Å². The van der Waals surface area contributed by atoms with E-state index in [4.69, 9.17) is 44.9 Å². The molecule has 0 aromatic heterocycles. The molecular formula is C14H18Cl2N2O2S. The highest BCUT2D eigenvalue weighted by atomic mass is 35.5. The lowest BCUT2D eigenvalue weighted by Gasteiger charge is -2.18. The maximum absolute atomic E-state index is 5.96. The summed E-state index contributed by atoms with van der Waals surface area (Å²) in [5.74, 6) is -0.512. The average molecular weight is 349 g/mol. The van der Waals surface area contributed by atoms with Crippen LogP contribution in [0.2, 0.25) is 10.0 Å². The Labute approximate surface area is 140 Å². The summed E-state index contributed by atoms with van der Waals surface area (Å²) in [5, 5.41) is 7.87. The van der Waals surface area contributed by atoms with Crippen LogP contribution in [0.3, 0.4) is 0 Å². The number of halogens is 2. The van der Waals surface area contributed by atoms with Crippen LogP contribution < -0.4 is 10.6 Å². The Hall–Kier alpha value is -0.590. The zero-order chi connectivity index (χ0) is 15.5. The molecule has 1 heterocycles. The molecule has 0 amide bonds. The zero-order valence-corrected chi connectivity index (χ0v) is 14.2. The maximum Gasteiger partial charge on any atom is 0.166 e. The summed E-state index contributed by atoms with van der Waals surface area (Å²) in [6, 6.07) is 5.49. The van der Waals surface area contributed by atoms with Gasteiger partial charge in [-0.25, -0.2) is 0 Å². The molecule has 1 aromatic carbocycles. The average Bonchev–Trinajstić information content (AvgIpc) is 2.77. The normalized spacial score (nSPS) is 20.3. The molecule has 2 N–H and O–H groups in total. The number of benzene rings is 1. The van der Waals surface area contributed by atoms with E-state index in [1.54, 1.807) is 6.07 Å². The molecule has 7 heteroatoms. The van der Waals surface area contributed by atoms with Gasteiger partial charge in [0, 0.05) is 13.1 Å². The summed E-state index contributed by atoms with van der Waals surface area (Å²) in [7, 11) is 0. The number of nitrogens with one attached hydrogen (secondary N) is 2. The summed E-state index contributed by atoms with van der Waals surface area (Å²) in [6.07, 6.45) is 0.00438. The van der Waals surface area contributed by atoms with Crippen LogP contribution >= 0.6 is 35.4 Å². The van der Waals surface area contributed by atoms with Gasteiger partial charge in [-0.15, -0.1) is 0 Å². The molecule has 2 rings (SSSR count). The Balaban J connectivity index is 1.71. The van der Waals surface area contributed by atoms with Crippen LogP contribution in [-0.2, 0) is 16.0 Å². The van der Waals surface area contributed by atoms with Gasteiger partial charge in [0.15, 0.2) is 10.9 Å². The van der Waals surface area contributed by atoms with Gasteiger partial charge < -0.3 is 20.1 Å². The molecule has 0 saturated carbocycles. The molecule has 1 atom stereocenters. The number of hydrogen-bond donors (Lipinski definition) is 2. The Morgan fingerprint density at radius 1 is 1.33 bits per heavy atom. The minimum atomic E-state index is -0.512. The van der Waals surface area contributed by atoms with Gasteiger partial charge in [0.25, 0.3) is 0 Å². The predicted octanol–water partition coefficient (Wildman–Crippen LogP) is 3.11. The lowest BCUT2D eigenvalue weighted by atomic mass is 10.2. The minimum Gasteiger partial charge on any atom is -0.360 e. The molecule has 4 nitrogen and oxygen atoms in total. The van der Waals surface area contributed by atoms with Crippen molar-refractivity contribution < 1.29 is 9.47 Å². The first-order chi connectivity index (χ1) is 9.85. The lowest BCUT2D eigenvalue weighted by Crippen LogP contribution is -2.40. The molecule has 0 spiro atoms. The van der Waals surface area contributed by atoms with Gasteiger partial charge in [-0.2, -0.15) is 0 Å². The first-order valence-electron chi connectivity index (χ1n) is 6.63. The molecule has 1 unspecified atom stereocenters. The van der Waals surface area contributed by atoms with Crippen molar-refractivity contribution in [3.05, 3.63) is 33.8 Å². The Morgan fingerprint density at radius 3 is 2.71 bits per heavy atom. The second kappa shape index (κ2) is 7.11. The number of thiocarbonyl (C=S) groups is 1. The van der Waals surface area contributed by atoms with Crippen molar-refractivity contribution in [2.75, 3.05) is 13.2 Å². The zero-order valence-electron chi connectivity index (χ0n) is 11.9. The number of hydrogen-bond acceptors (Lipinski definition) is 3. The molecule has 0 bridgehead atoms. The van der Waals surface area contributed by atoms with E-state index in [9.17, 15) is 0 Å². The highest BCUT2D eigenvalue weighted by Crippen LogP contribution is 2.23. The van der Waals surface area contributed by atoms with E-state index in [0.717, 1.165) is 5.56 Å². The molecular weight excluding hydrogens is 331 g/mol. The van der Waals surface area contributed by atoms with E-state index in [1.807, 2.05) is 26.0 Å². The van der Waals surface area contributed by atoms with Crippen LogP contribution in [0.1, 0.15) is 19.4 Å². The maximum atomic E-state index is 5.96. The quantitative estimate of drug-likeness (QED) is 0.818. The predicted molar refractivity (Wildman–Crippen MR) is 88.8 cm³/mol. The largest absolute Gasteiger partial charge is 0.360 e. The third-order valence-corrected chi connectivity index (χ3v) is 4.02. The van der Waals surface area contributed by atoms with Crippen LogP contribution in [-0.4, -0.2) is 30.2 Å². The second-order valence-corrected chi connectivity index (χ2v) is 6.49. The van der Waals surface area contributed by atoms with Crippen molar-refractivity contribution >= 4 is 40.5 Å². The van der Waals surface area contributed by atoms with E-state index in [2.05, 4.69) is 10.6 Å². The molecule has 1 aliphatic rings. The van der Waals surface area contributed by atoms with E-state index in [-0.39, 0.29) is 6.10 Å². The fourth-order valence-corrected chi connectivity index (χ4v) is 2.44. The summed E-state index contributed by atoms with van der Waals surface area (Å²) in [6.45, 7) is 5.55. The van der Waals surface area contributed by atoms with Crippen LogP contribution in [0.15, 0.2) is 18.2 Å². The molecule has 1 aliphatic heterocycles. The Bertz CT molecular complexity index is 526. The first-order valence-corrected chi connectivity index (χ1v) is 7.79. The van der Waals surface area contributed by atoms with Crippen molar-refractivity contribution in [1.29, 1.82) is 0 Å². The monoisotopic (exact) mass is 348 g/mol. The van der Waals surface area contributed by atoms with Crippen molar-refractivity contribution in [3.63, 3.8) is 0 Å². The molecule has 0 radical (unpaired) electrons. The van der Waals surface area contributed by atoms with Crippen molar-refractivity contribution in [2.24, 2.45) is 0 Å². The topological polar surface area (TPSA) is 42.5 Å². The summed E-state index contributed by atoms with van der Waals surface area (Å²) in [5.41, 5.74) is 1.01. The third-order valence-electron chi connectivity index (χ3n) is 2.99.